The van der Waals surface area contributed by atoms with Gasteiger partial charge >= 0.3 is 0 Å². The number of aryl methyl sites for hydroxylation is 2. The molecule has 0 saturated heterocycles. The first kappa shape index (κ1) is 15.3. The van der Waals surface area contributed by atoms with Gasteiger partial charge in [0.05, 0.1) is 12.1 Å². The minimum atomic E-state index is 0.0128. The second-order valence-electron chi connectivity index (χ2n) is 5.30. The molecule has 0 fully saturated rings. The third-order valence-corrected chi connectivity index (χ3v) is 3.83. The molecule has 1 amide bonds. The lowest BCUT2D eigenvalue weighted by Crippen LogP contribution is -2.29. The van der Waals surface area contributed by atoms with Gasteiger partial charge in [-0.25, -0.2) is 0 Å². The summed E-state index contributed by atoms with van der Waals surface area (Å²) in [6, 6.07) is 10.3. The first-order valence-corrected chi connectivity index (χ1v) is 7.35. The summed E-state index contributed by atoms with van der Waals surface area (Å²) in [7, 11) is 0. The van der Waals surface area contributed by atoms with Gasteiger partial charge in [0.2, 0.25) is 5.91 Å². The molecule has 0 aliphatic rings. The van der Waals surface area contributed by atoms with Crippen molar-refractivity contribution in [1.82, 2.24) is 10.5 Å². The highest BCUT2D eigenvalue weighted by Crippen LogP contribution is 2.18. The number of benzene rings is 1. The molecule has 21 heavy (non-hydrogen) atoms. The number of hydrogen-bond donors (Lipinski definition) is 1. The predicted molar refractivity (Wildman–Crippen MR) is 82.2 cm³/mol. The van der Waals surface area contributed by atoms with Gasteiger partial charge in [0.25, 0.3) is 0 Å². The molecule has 0 bridgehead atoms. The van der Waals surface area contributed by atoms with Crippen molar-refractivity contribution in [2.45, 2.75) is 39.5 Å². The summed E-state index contributed by atoms with van der Waals surface area (Å²) in [5.74, 6) is 1.08. The lowest BCUT2D eigenvalue weighted by molar-refractivity contribution is -0.120. The van der Waals surface area contributed by atoms with Crippen molar-refractivity contribution in [3.05, 3.63) is 52.9 Å². The van der Waals surface area contributed by atoms with Crippen molar-refractivity contribution >= 4 is 5.91 Å². The second kappa shape index (κ2) is 7.07. The van der Waals surface area contributed by atoms with E-state index in [9.17, 15) is 4.79 Å². The SMILES string of the molecule is CC[C@H](CNC(=O)Cc1c(C)noc1C)c1ccccc1. The minimum Gasteiger partial charge on any atom is -0.361 e. The quantitative estimate of drug-likeness (QED) is 0.887. The van der Waals surface area contributed by atoms with Crippen molar-refractivity contribution in [2.75, 3.05) is 6.54 Å². The van der Waals surface area contributed by atoms with Crippen molar-refractivity contribution in [3.63, 3.8) is 0 Å². The average molecular weight is 286 g/mol. The van der Waals surface area contributed by atoms with Gasteiger partial charge in [-0.1, -0.05) is 42.4 Å². The predicted octanol–water partition coefficient (Wildman–Crippen LogP) is 3.14. The number of nitrogens with one attached hydrogen (secondary N) is 1. The van der Waals surface area contributed by atoms with E-state index in [0.29, 0.717) is 18.9 Å². The maximum atomic E-state index is 12.1. The van der Waals surface area contributed by atoms with E-state index < -0.39 is 0 Å². The Balaban J connectivity index is 1.91. The minimum absolute atomic E-state index is 0.0128. The van der Waals surface area contributed by atoms with Crippen LogP contribution in [-0.4, -0.2) is 17.6 Å². The highest BCUT2D eigenvalue weighted by molar-refractivity contribution is 5.79. The molecule has 0 saturated carbocycles. The van der Waals surface area contributed by atoms with Gasteiger partial charge in [-0.2, -0.15) is 0 Å². The molecule has 4 heteroatoms. The summed E-state index contributed by atoms with van der Waals surface area (Å²) >= 11 is 0. The first-order chi connectivity index (χ1) is 10.1. The number of carbonyl (C=O) groups is 1. The molecule has 1 atom stereocenters. The number of nitrogens with zero attached hydrogens (tertiary/aromatic N) is 1. The van der Waals surface area contributed by atoms with Crippen molar-refractivity contribution in [2.24, 2.45) is 0 Å². The largest absolute Gasteiger partial charge is 0.361 e. The lowest BCUT2D eigenvalue weighted by atomic mass is 9.96. The zero-order valence-corrected chi connectivity index (χ0v) is 12.8. The summed E-state index contributed by atoms with van der Waals surface area (Å²) in [4.78, 5) is 12.1. The van der Waals surface area contributed by atoms with Gasteiger partial charge in [-0.15, -0.1) is 0 Å². The number of hydrogen-bond acceptors (Lipinski definition) is 3. The summed E-state index contributed by atoms with van der Waals surface area (Å²) in [6.45, 7) is 6.49. The fraction of sp³-hybridized carbons (Fsp3) is 0.412. The average Bonchev–Trinajstić information content (AvgIpc) is 2.81. The number of aromatic nitrogens is 1. The van der Waals surface area contributed by atoms with Crippen LogP contribution in [0.4, 0.5) is 0 Å². The highest BCUT2D eigenvalue weighted by Gasteiger charge is 2.15. The van der Waals surface area contributed by atoms with Crippen LogP contribution >= 0.6 is 0 Å². The van der Waals surface area contributed by atoms with E-state index in [1.165, 1.54) is 5.56 Å². The molecule has 1 heterocycles. The fourth-order valence-corrected chi connectivity index (χ4v) is 2.44. The van der Waals surface area contributed by atoms with Crippen LogP contribution in [-0.2, 0) is 11.2 Å². The summed E-state index contributed by atoms with van der Waals surface area (Å²) in [5, 5.41) is 6.89. The van der Waals surface area contributed by atoms with Gasteiger partial charge in [0.1, 0.15) is 5.76 Å². The smallest absolute Gasteiger partial charge is 0.224 e. The molecular formula is C17H22N2O2. The van der Waals surface area contributed by atoms with E-state index in [0.717, 1.165) is 23.4 Å². The molecule has 2 rings (SSSR count). The summed E-state index contributed by atoms with van der Waals surface area (Å²) in [6.07, 6.45) is 1.32. The van der Waals surface area contributed by atoms with Crippen LogP contribution in [0.1, 0.15) is 41.8 Å². The Bertz CT molecular complexity index is 571. The molecule has 0 unspecified atom stereocenters. The van der Waals surface area contributed by atoms with Crippen LogP contribution in [0.25, 0.3) is 0 Å². The molecule has 0 spiro atoms. The fourth-order valence-electron chi connectivity index (χ4n) is 2.44. The van der Waals surface area contributed by atoms with Crippen molar-refractivity contribution < 1.29 is 9.32 Å². The number of carbonyl (C=O) groups excluding carboxylic acids is 1. The topological polar surface area (TPSA) is 55.1 Å². The zero-order chi connectivity index (χ0) is 15.2. The molecule has 1 aromatic carbocycles. The first-order valence-electron chi connectivity index (χ1n) is 7.35. The molecule has 0 radical (unpaired) electrons. The Morgan fingerprint density at radius 1 is 1.29 bits per heavy atom. The molecule has 1 aromatic heterocycles. The van der Waals surface area contributed by atoms with E-state index in [-0.39, 0.29) is 5.91 Å². The second-order valence-corrected chi connectivity index (χ2v) is 5.30. The Morgan fingerprint density at radius 3 is 2.57 bits per heavy atom. The highest BCUT2D eigenvalue weighted by atomic mass is 16.5. The maximum absolute atomic E-state index is 12.1. The van der Waals surface area contributed by atoms with E-state index >= 15 is 0 Å². The molecule has 0 aliphatic carbocycles. The van der Waals surface area contributed by atoms with E-state index in [1.807, 2.05) is 32.0 Å². The van der Waals surface area contributed by atoms with Gasteiger partial charge in [-0.05, 0) is 25.8 Å². The van der Waals surface area contributed by atoms with E-state index in [4.69, 9.17) is 4.52 Å². The summed E-state index contributed by atoms with van der Waals surface area (Å²) in [5.41, 5.74) is 2.94. The molecule has 2 aromatic rings. The zero-order valence-electron chi connectivity index (χ0n) is 12.8. The van der Waals surface area contributed by atoms with Crippen LogP contribution in [0.3, 0.4) is 0 Å². The van der Waals surface area contributed by atoms with Gasteiger partial charge in [0.15, 0.2) is 0 Å². The summed E-state index contributed by atoms with van der Waals surface area (Å²) < 4.78 is 5.08. The van der Waals surface area contributed by atoms with Gasteiger partial charge in [0, 0.05) is 18.0 Å². The Morgan fingerprint density at radius 2 is 2.00 bits per heavy atom. The Hall–Kier alpha value is -2.10. The third-order valence-electron chi connectivity index (χ3n) is 3.83. The van der Waals surface area contributed by atoms with Crippen LogP contribution in [0.15, 0.2) is 34.9 Å². The standard InChI is InChI=1S/C17H22N2O2/c1-4-14(15-8-6-5-7-9-15)11-18-17(20)10-16-12(2)19-21-13(16)3/h5-9,14H,4,10-11H2,1-3H3,(H,18,20)/t14-/m1/s1. The molecule has 0 aliphatic heterocycles. The normalized spacial score (nSPS) is 12.1. The number of rotatable bonds is 6. The van der Waals surface area contributed by atoms with Crippen LogP contribution in [0.5, 0.6) is 0 Å². The van der Waals surface area contributed by atoms with E-state index in [1.54, 1.807) is 0 Å². The third kappa shape index (κ3) is 3.94. The van der Waals surface area contributed by atoms with Crippen LogP contribution < -0.4 is 5.32 Å². The van der Waals surface area contributed by atoms with Crippen molar-refractivity contribution in [1.29, 1.82) is 0 Å². The maximum Gasteiger partial charge on any atom is 0.224 e. The Labute approximate surface area is 125 Å². The molecule has 112 valence electrons. The molecular weight excluding hydrogens is 264 g/mol. The van der Waals surface area contributed by atoms with Crippen molar-refractivity contribution in [3.8, 4) is 0 Å². The van der Waals surface area contributed by atoms with Crippen LogP contribution in [0, 0.1) is 13.8 Å². The van der Waals surface area contributed by atoms with Crippen LogP contribution in [0.2, 0.25) is 0 Å². The van der Waals surface area contributed by atoms with Gasteiger partial charge in [-0.3, -0.25) is 4.79 Å². The lowest BCUT2D eigenvalue weighted by Gasteiger charge is -2.16. The monoisotopic (exact) mass is 286 g/mol. The van der Waals surface area contributed by atoms with Gasteiger partial charge < -0.3 is 9.84 Å². The molecule has 1 N–H and O–H groups in total. The molecule has 4 nitrogen and oxygen atoms in total. The van der Waals surface area contributed by atoms with E-state index in [2.05, 4.69) is 29.5 Å². The Kier molecular flexibility index (Phi) is 5.14. The number of amides is 1.